The van der Waals surface area contributed by atoms with Crippen molar-refractivity contribution in [1.29, 1.82) is 0 Å². The van der Waals surface area contributed by atoms with E-state index in [4.69, 9.17) is 4.74 Å². The molecule has 0 spiro atoms. The summed E-state index contributed by atoms with van der Waals surface area (Å²) in [6.45, 7) is 4.97. The van der Waals surface area contributed by atoms with E-state index in [0.717, 1.165) is 62.5 Å². The zero-order valence-electron chi connectivity index (χ0n) is 27.0. The average molecular weight is 671 g/mol. The first-order chi connectivity index (χ1) is 23.7. The summed E-state index contributed by atoms with van der Waals surface area (Å²) in [5.74, 6) is -2.32. The number of anilines is 3. The van der Waals surface area contributed by atoms with Gasteiger partial charge in [0.2, 0.25) is 0 Å². The summed E-state index contributed by atoms with van der Waals surface area (Å²) in [7, 11) is 2.11. The van der Waals surface area contributed by atoms with Crippen LogP contribution >= 0.6 is 0 Å². The van der Waals surface area contributed by atoms with E-state index in [9.17, 15) is 18.7 Å². The number of nitrogens with zero attached hydrogens (tertiary/aromatic N) is 3. The minimum Gasteiger partial charge on any atom is -0.508 e. The summed E-state index contributed by atoms with van der Waals surface area (Å²) in [4.78, 5) is 18.6. The molecule has 1 aromatic heterocycles. The standard InChI is InChI=1S/C37H37F3N6O3/c1-45-8-10-46(11-9-45)27-2-4-29(34(19-27)41-26-6-12-49-13-7-26)37(48)42-36-32-17-23(14-22-15-24(38)18-25(39)16-22)30(21-35(32)43-44-36)31-20-28(47)3-5-33(31)40/h2-5,15-21,26,41,47H,6-14H2,1H3,(H2,42,43,44,48). The molecule has 9 nitrogen and oxygen atoms in total. The number of halogens is 3. The second kappa shape index (κ2) is 13.8. The first kappa shape index (κ1) is 32.5. The van der Waals surface area contributed by atoms with Crippen LogP contribution in [-0.4, -0.2) is 78.6 Å². The van der Waals surface area contributed by atoms with Gasteiger partial charge in [0.1, 0.15) is 23.2 Å². The Balaban J connectivity index is 1.24. The molecule has 0 unspecified atom stereocenters. The molecular formula is C37H37F3N6O3. The van der Waals surface area contributed by atoms with E-state index >= 15 is 4.39 Å². The maximum Gasteiger partial charge on any atom is 0.258 e. The van der Waals surface area contributed by atoms with Crippen molar-refractivity contribution in [1.82, 2.24) is 15.1 Å². The normalized spacial score (nSPS) is 15.9. The summed E-state index contributed by atoms with van der Waals surface area (Å²) < 4.78 is 49.0. The van der Waals surface area contributed by atoms with E-state index in [1.807, 2.05) is 18.2 Å². The van der Waals surface area contributed by atoms with E-state index < -0.39 is 17.5 Å². The van der Waals surface area contributed by atoms with Crippen molar-refractivity contribution >= 4 is 34.0 Å². The number of fused-ring (bicyclic) bond motifs is 1. The number of piperazine rings is 1. The number of phenolic OH excluding ortho intramolecular Hbond substituents is 1. The van der Waals surface area contributed by atoms with Gasteiger partial charge in [0.15, 0.2) is 5.82 Å². The first-order valence-electron chi connectivity index (χ1n) is 16.4. The molecule has 1 amide bonds. The molecule has 5 aromatic rings. The number of nitrogens with one attached hydrogen (secondary N) is 3. The van der Waals surface area contributed by atoms with Crippen LogP contribution in [0.25, 0.3) is 22.0 Å². The lowest BCUT2D eigenvalue weighted by molar-refractivity contribution is 0.0904. The van der Waals surface area contributed by atoms with Gasteiger partial charge in [0.25, 0.3) is 5.91 Å². The Kier molecular flexibility index (Phi) is 9.15. The third-order valence-electron chi connectivity index (χ3n) is 9.27. The van der Waals surface area contributed by atoms with Gasteiger partial charge in [0, 0.05) is 73.8 Å². The fourth-order valence-electron chi connectivity index (χ4n) is 6.60. The number of carbonyl (C=O) groups is 1. The minimum absolute atomic E-state index is 0.0422. The summed E-state index contributed by atoms with van der Waals surface area (Å²) in [6, 6.07) is 16.3. The Morgan fingerprint density at radius 3 is 2.45 bits per heavy atom. The number of amides is 1. The van der Waals surface area contributed by atoms with Crippen LogP contribution in [-0.2, 0) is 11.2 Å². The monoisotopic (exact) mass is 670 g/mol. The molecule has 7 rings (SSSR count). The highest BCUT2D eigenvalue weighted by atomic mass is 19.1. The molecule has 2 aliphatic rings. The fraction of sp³-hybridized carbons (Fsp3) is 0.297. The molecule has 0 atom stereocenters. The van der Waals surface area contributed by atoms with Gasteiger partial charge in [-0.05, 0) is 104 Å². The summed E-state index contributed by atoms with van der Waals surface area (Å²) in [5.41, 5.74) is 4.05. The van der Waals surface area contributed by atoms with Gasteiger partial charge in [-0.2, -0.15) is 5.10 Å². The summed E-state index contributed by atoms with van der Waals surface area (Å²) >= 11 is 0. The second-order valence-electron chi connectivity index (χ2n) is 12.8. The van der Waals surface area contributed by atoms with Crippen LogP contribution in [0.1, 0.15) is 34.3 Å². The number of ether oxygens (including phenoxy) is 1. The molecule has 4 aromatic carbocycles. The lowest BCUT2D eigenvalue weighted by atomic mass is 9.93. The van der Waals surface area contributed by atoms with E-state index in [-0.39, 0.29) is 35.5 Å². The van der Waals surface area contributed by atoms with Gasteiger partial charge in [-0.15, -0.1) is 0 Å². The number of phenols is 1. The lowest BCUT2D eigenvalue weighted by Crippen LogP contribution is -2.44. The molecule has 2 saturated heterocycles. The van der Waals surface area contributed by atoms with Crippen molar-refractivity contribution in [2.45, 2.75) is 25.3 Å². The van der Waals surface area contributed by atoms with E-state index in [2.05, 4.69) is 37.7 Å². The molecule has 2 fully saturated rings. The Hall–Kier alpha value is -5.07. The van der Waals surface area contributed by atoms with E-state index in [0.29, 0.717) is 46.4 Å². The molecule has 0 bridgehead atoms. The molecule has 254 valence electrons. The van der Waals surface area contributed by atoms with Gasteiger partial charge < -0.3 is 30.3 Å². The highest BCUT2D eigenvalue weighted by molar-refractivity contribution is 6.11. The topological polar surface area (TPSA) is 106 Å². The van der Waals surface area contributed by atoms with Crippen LogP contribution in [0.3, 0.4) is 0 Å². The SMILES string of the molecule is CN1CCN(c2ccc(C(=O)Nc3n[nH]c4cc(-c5cc(O)ccc5F)c(Cc5cc(F)cc(F)c5)cc34)c(NC3CCOCC3)c2)CC1. The number of H-pyrrole nitrogens is 1. The Morgan fingerprint density at radius 1 is 0.939 bits per heavy atom. The Bertz CT molecular complexity index is 1980. The van der Waals surface area contributed by atoms with Crippen LogP contribution in [0, 0.1) is 17.5 Å². The fourth-order valence-corrected chi connectivity index (χ4v) is 6.60. The quantitative estimate of drug-likeness (QED) is 0.149. The van der Waals surface area contributed by atoms with Crippen molar-refractivity contribution < 1.29 is 27.8 Å². The van der Waals surface area contributed by atoms with Crippen molar-refractivity contribution in [3.05, 3.63) is 101 Å². The van der Waals surface area contributed by atoms with Crippen LogP contribution < -0.4 is 15.5 Å². The molecule has 4 N–H and O–H groups in total. The molecule has 0 saturated carbocycles. The van der Waals surface area contributed by atoms with Crippen LogP contribution in [0.4, 0.5) is 30.4 Å². The number of aromatic nitrogens is 2. The third kappa shape index (κ3) is 7.20. The predicted molar refractivity (Wildman–Crippen MR) is 184 cm³/mol. The number of hydrogen-bond acceptors (Lipinski definition) is 7. The van der Waals surface area contributed by atoms with Gasteiger partial charge in [0.05, 0.1) is 11.1 Å². The number of aromatic amines is 1. The van der Waals surface area contributed by atoms with Crippen molar-refractivity contribution in [2.24, 2.45) is 0 Å². The average Bonchev–Trinajstić information content (AvgIpc) is 3.46. The summed E-state index contributed by atoms with van der Waals surface area (Å²) in [5, 5.41) is 24.5. The zero-order valence-corrected chi connectivity index (χ0v) is 27.0. The summed E-state index contributed by atoms with van der Waals surface area (Å²) in [6.07, 6.45) is 1.69. The van der Waals surface area contributed by atoms with Crippen LogP contribution in [0.5, 0.6) is 5.75 Å². The largest absolute Gasteiger partial charge is 0.508 e. The van der Waals surface area contributed by atoms with Crippen LogP contribution in [0.15, 0.2) is 66.7 Å². The van der Waals surface area contributed by atoms with Crippen molar-refractivity contribution in [3.8, 4) is 16.9 Å². The van der Waals surface area contributed by atoms with Gasteiger partial charge >= 0.3 is 0 Å². The molecule has 49 heavy (non-hydrogen) atoms. The number of aromatic hydroxyl groups is 1. The van der Waals surface area contributed by atoms with Crippen molar-refractivity contribution in [2.75, 3.05) is 62.0 Å². The zero-order chi connectivity index (χ0) is 34.1. The number of benzene rings is 4. The Morgan fingerprint density at radius 2 is 1.69 bits per heavy atom. The number of carbonyl (C=O) groups excluding carboxylic acids is 1. The second-order valence-corrected chi connectivity index (χ2v) is 12.8. The third-order valence-corrected chi connectivity index (χ3v) is 9.27. The van der Waals surface area contributed by atoms with Crippen LogP contribution in [0.2, 0.25) is 0 Å². The Labute approximate surface area is 281 Å². The maximum absolute atomic E-state index is 15.1. The maximum atomic E-state index is 15.1. The smallest absolute Gasteiger partial charge is 0.258 e. The lowest BCUT2D eigenvalue weighted by Gasteiger charge is -2.34. The molecular weight excluding hydrogens is 633 g/mol. The van der Waals surface area contributed by atoms with Gasteiger partial charge in [-0.1, -0.05) is 0 Å². The number of hydrogen-bond donors (Lipinski definition) is 4. The van der Waals surface area contributed by atoms with Crippen molar-refractivity contribution in [3.63, 3.8) is 0 Å². The first-order valence-corrected chi connectivity index (χ1v) is 16.4. The molecule has 0 aliphatic carbocycles. The van der Waals surface area contributed by atoms with E-state index in [1.54, 1.807) is 12.1 Å². The highest BCUT2D eigenvalue weighted by Gasteiger charge is 2.23. The number of rotatable bonds is 8. The molecule has 3 heterocycles. The minimum atomic E-state index is -0.735. The molecule has 2 aliphatic heterocycles. The number of likely N-dealkylation sites (N-methyl/N-ethyl adjacent to an activating group) is 1. The van der Waals surface area contributed by atoms with E-state index in [1.165, 1.54) is 24.3 Å². The highest BCUT2D eigenvalue weighted by Crippen LogP contribution is 2.36. The van der Waals surface area contributed by atoms with Gasteiger partial charge in [-0.3, -0.25) is 9.89 Å². The molecule has 12 heteroatoms. The molecule has 0 radical (unpaired) electrons. The van der Waals surface area contributed by atoms with Gasteiger partial charge in [-0.25, -0.2) is 13.2 Å². The predicted octanol–water partition coefficient (Wildman–Crippen LogP) is 6.54.